The normalized spacial score (nSPS) is 9.57. The molecule has 0 aliphatic heterocycles. The molecule has 14 heavy (non-hydrogen) atoms. The van der Waals surface area contributed by atoms with Crippen molar-refractivity contribution in [2.24, 2.45) is 0 Å². The highest BCUT2D eigenvalue weighted by Crippen LogP contribution is 2.00. The first-order valence-electron chi connectivity index (χ1n) is 4.11. The number of nitrogens with one attached hydrogen (secondary N) is 1. The summed E-state index contributed by atoms with van der Waals surface area (Å²) in [5.74, 6) is -1.50. The number of ether oxygens (including phenoxy) is 1. The van der Waals surface area contributed by atoms with Gasteiger partial charge in [0.25, 0.3) is 0 Å². The zero-order valence-electron chi connectivity index (χ0n) is 8.11. The fraction of sp³-hybridized carbons (Fsp3) is 0.333. The molecule has 0 spiro atoms. The molecule has 0 fully saturated rings. The van der Waals surface area contributed by atoms with E-state index in [4.69, 9.17) is 0 Å². The Balaban J connectivity index is 2.54. The standard InChI is InChI=1S/C9H12N2O3/c1-11(8(12)9(13)14-2)6-7-4-3-5-10-7/h3-5,10H,6H2,1-2H3. The van der Waals surface area contributed by atoms with Crippen LogP contribution in [0.2, 0.25) is 0 Å². The fourth-order valence-electron chi connectivity index (χ4n) is 1.04. The highest BCUT2D eigenvalue weighted by atomic mass is 16.5. The van der Waals surface area contributed by atoms with Crippen molar-refractivity contribution >= 4 is 11.9 Å². The predicted octanol–water partition coefficient (Wildman–Crippen LogP) is 0.146. The molecule has 0 bridgehead atoms. The Morgan fingerprint density at radius 1 is 1.57 bits per heavy atom. The number of rotatable bonds is 2. The van der Waals surface area contributed by atoms with Crippen molar-refractivity contribution in [3.8, 4) is 0 Å². The van der Waals surface area contributed by atoms with Gasteiger partial charge < -0.3 is 14.6 Å². The third-order valence-corrected chi connectivity index (χ3v) is 1.78. The van der Waals surface area contributed by atoms with E-state index >= 15 is 0 Å². The van der Waals surface area contributed by atoms with Crippen molar-refractivity contribution in [2.75, 3.05) is 14.2 Å². The van der Waals surface area contributed by atoms with E-state index in [0.29, 0.717) is 6.54 Å². The smallest absolute Gasteiger partial charge is 0.396 e. The molecule has 1 amide bonds. The second-order valence-corrected chi connectivity index (χ2v) is 2.85. The minimum atomic E-state index is -0.848. The van der Waals surface area contributed by atoms with Gasteiger partial charge in [-0.25, -0.2) is 4.79 Å². The van der Waals surface area contributed by atoms with Gasteiger partial charge in [-0.05, 0) is 12.1 Å². The van der Waals surface area contributed by atoms with Gasteiger partial charge in [0.05, 0.1) is 13.7 Å². The Morgan fingerprint density at radius 3 is 2.79 bits per heavy atom. The molecule has 76 valence electrons. The van der Waals surface area contributed by atoms with Crippen molar-refractivity contribution in [3.63, 3.8) is 0 Å². The second-order valence-electron chi connectivity index (χ2n) is 2.85. The number of likely N-dealkylation sites (N-methyl/N-ethyl adjacent to an activating group) is 1. The summed E-state index contributed by atoms with van der Waals surface area (Å²) in [7, 11) is 2.73. The Bertz CT molecular complexity index is 319. The maximum Gasteiger partial charge on any atom is 0.396 e. The first kappa shape index (κ1) is 10.3. The van der Waals surface area contributed by atoms with Crippen LogP contribution in [0.5, 0.6) is 0 Å². The van der Waals surface area contributed by atoms with Crippen LogP contribution >= 0.6 is 0 Å². The molecule has 1 N–H and O–H groups in total. The molecule has 0 saturated heterocycles. The minimum Gasteiger partial charge on any atom is -0.462 e. The maximum atomic E-state index is 11.2. The minimum absolute atomic E-state index is 0.362. The maximum absolute atomic E-state index is 11.2. The van der Waals surface area contributed by atoms with Gasteiger partial charge in [-0.3, -0.25) is 4.79 Å². The molecular weight excluding hydrogens is 184 g/mol. The molecule has 0 unspecified atom stereocenters. The van der Waals surface area contributed by atoms with E-state index < -0.39 is 11.9 Å². The van der Waals surface area contributed by atoms with Crippen LogP contribution in [0.1, 0.15) is 5.69 Å². The number of aromatic nitrogens is 1. The van der Waals surface area contributed by atoms with Crippen molar-refractivity contribution < 1.29 is 14.3 Å². The molecule has 0 aliphatic carbocycles. The number of esters is 1. The third kappa shape index (κ3) is 2.35. The Hall–Kier alpha value is -1.78. The zero-order valence-corrected chi connectivity index (χ0v) is 8.11. The first-order chi connectivity index (χ1) is 6.65. The number of carbonyl (C=O) groups is 2. The number of H-pyrrole nitrogens is 1. The number of amides is 1. The van der Waals surface area contributed by atoms with E-state index in [9.17, 15) is 9.59 Å². The van der Waals surface area contributed by atoms with Crippen molar-refractivity contribution in [2.45, 2.75) is 6.54 Å². The molecule has 0 radical (unpaired) electrons. The molecule has 0 saturated carbocycles. The topological polar surface area (TPSA) is 62.4 Å². The van der Waals surface area contributed by atoms with Gasteiger partial charge in [0, 0.05) is 18.9 Å². The molecule has 1 rings (SSSR count). The number of hydrogen-bond donors (Lipinski definition) is 1. The van der Waals surface area contributed by atoms with Gasteiger partial charge >= 0.3 is 11.9 Å². The lowest BCUT2D eigenvalue weighted by Crippen LogP contribution is -2.33. The van der Waals surface area contributed by atoms with Gasteiger partial charge in [-0.2, -0.15) is 0 Å². The van der Waals surface area contributed by atoms with Gasteiger partial charge in [0.1, 0.15) is 0 Å². The monoisotopic (exact) mass is 196 g/mol. The highest BCUT2D eigenvalue weighted by molar-refractivity contribution is 6.32. The van der Waals surface area contributed by atoms with Gasteiger partial charge in [-0.15, -0.1) is 0 Å². The Kier molecular flexibility index (Phi) is 3.28. The number of aromatic amines is 1. The molecule has 0 atom stereocenters. The first-order valence-corrected chi connectivity index (χ1v) is 4.11. The van der Waals surface area contributed by atoms with E-state index in [1.165, 1.54) is 12.0 Å². The van der Waals surface area contributed by atoms with E-state index in [1.807, 2.05) is 12.1 Å². The zero-order chi connectivity index (χ0) is 10.6. The largest absolute Gasteiger partial charge is 0.462 e. The van der Waals surface area contributed by atoms with Crippen LogP contribution in [0, 0.1) is 0 Å². The van der Waals surface area contributed by atoms with Crippen LogP contribution in [0.15, 0.2) is 18.3 Å². The quantitative estimate of drug-likeness (QED) is 0.541. The summed E-state index contributed by atoms with van der Waals surface area (Å²) in [4.78, 5) is 26.3. The molecule has 5 nitrogen and oxygen atoms in total. The lowest BCUT2D eigenvalue weighted by atomic mass is 10.4. The van der Waals surface area contributed by atoms with Crippen LogP contribution in [0.4, 0.5) is 0 Å². The number of hydrogen-bond acceptors (Lipinski definition) is 3. The lowest BCUT2D eigenvalue weighted by molar-refractivity contribution is -0.157. The summed E-state index contributed by atoms with van der Waals surface area (Å²) >= 11 is 0. The molecular formula is C9H12N2O3. The molecule has 0 aliphatic rings. The summed E-state index contributed by atoms with van der Waals surface area (Å²) in [5.41, 5.74) is 0.866. The molecule has 1 aromatic rings. The summed E-state index contributed by atoms with van der Waals surface area (Å²) in [6, 6.07) is 3.66. The predicted molar refractivity (Wildman–Crippen MR) is 49.3 cm³/mol. The fourth-order valence-corrected chi connectivity index (χ4v) is 1.04. The summed E-state index contributed by atoms with van der Waals surface area (Å²) < 4.78 is 4.31. The number of carbonyl (C=O) groups excluding carboxylic acids is 2. The Morgan fingerprint density at radius 2 is 2.29 bits per heavy atom. The third-order valence-electron chi connectivity index (χ3n) is 1.78. The summed E-state index contributed by atoms with van der Waals surface area (Å²) in [5, 5.41) is 0. The molecule has 5 heteroatoms. The van der Waals surface area contributed by atoms with Gasteiger partial charge in [0.2, 0.25) is 0 Å². The molecule has 0 aromatic carbocycles. The summed E-state index contributed by atoms with van der Waals surface area (Å²) in [6.45, 7) is 0.362. The van der Waals surface area contributed by atoms with Crippen LogP contribution in [0.25, 0.3) is 0 Å². The van der Waals surface area contributed by atoms with E-state index in [2.05, 4.69) is 9.72 Å². The second kappa shape index (κ2) is 4.45. The summed E-state index contributed by atoms with van der Waals surface area (Å²) in [6.07, 6.45) is 1.76. The van der Waals surface area contributed by atoms with E-state index in [0.717, 1.165) is 5.69 Å². The van der Waals surface area contributed by atoms with Crippen LogP contribution < -0.4 is 0 Å². The number of methoxy groups -OCH3 is 1. The van der Waals surface area contributed by atoms with Crippen LogP contribution in [-0.2, 0) is 20.9 Å². The average Bonchev–Trinajstić information content (AvgIpc) is 2.68. The average molecular weight is 196 g/mol. The van der Waals surface area contributed by atoms with Crippen LogP contribution in [-0.4, -0.2) is 35.9 Å². The van der Waals surface area contributed by atoms with Gasteiger partial charge in [-0.1, -0.05) is 0 Å². The SMILES string of the molecule is COC(=O)C(=O)N(C)Cc1ccc[nH]1. The van der Waals surface area contributed by atoms with E-state index in [1.54, 1.807) is 13.2 Å². The van der Waals surface area contributed by atoms with Crippen molar-refractivity contribution in [1.82, 2.24) is 9.88 Å². The van der Waals surface area contributed by atoms with Crippen molar-refractivity contribution in [1.29, 1.82) is 0 Å². The van der Waals surface area contributed by atoms with Crippen LogP contribution in [0.3, 0.4) is 0 Å². The lowest BCUT2D eigenvalue weighted by Gasteiger charge is -2.13. The number of nitrogens with zero attached hydrogens (tertiary/aromatic N) is 1. The van der Waals surface area contributed by atoms with Crippen molar-refractivity contribution in [3.05, 3.63) is 24.0 Å². The van der Waals surface area contributed by atoms with E-state index in [-0.39, 0.29) is 0 Å². The van der Waals surface area contributed by atoms with Gasteiger partial charge in [0.15, 0.2) is 0 Å². The molecule has 1 aromatic heterocycles. The Labute approximate surface area is 81.7 Å². The highest BCUT2D eigenvalue weighted by Gasteiger charge is 2.18. The molecule has 1 heterocycles.